The average molecular weight is 444 g/mol. The Bertz CT molecular complexity index is 1250. The number of rotatable bonds is 9. The van der Waals surface area contributed by atoms with E-state index >= 15 is 0 Å². The van der Waals surface area contributed by atoms with Gasteiger partial charge in [0, 0.05) is 23.5 Å². The Hall–Kier alpha value is -3.80. The van der Waals surface area contributed by atoms with Crippen molar-refractivity contribution in [3.05, 3.63) is 78.1 Å². The third kappa shape index (κ3) is 5.34. The van der Waals surface area contributed by atoms with E-state index in [1.54, 1.807) is 19.2 Å². The number of anilines is 1. The molecule has 0 spiro atoms. The number of nitrogens with zero attached hydrogens (tertiary/aromatic N) is 2. The number of carbonyl (C=O) groups excluding carboxylic acids is 1. The zero-order valence-electron chi connectivity index (χ0n) is 19.3. The van der Waals surface area contributed by atoms with Gasteiger partial charge in [-0.3, -0.25) is 4.79 Å². The number of aromatic nitrogens is 2. The summed E-state index contributed by atoms with van der Waals surface area (Å²) in [7, 11) is 1.59. The van der Waals surface area contributed by atoms with Crippen LogP contribution in [0.15, 0.2) is 67.0 Å². The van der Waals surface area contributed by atoms with E-state index in [4.69, 9.17) is 14.5 Å². The molecule has 4 aromatic rings. The number of nitrogens with one attached hydrogen (secondary N) is 1. The predicted molar refractivity (Wildman–Crippen MR) is 131 cm³/mol. The highest BCUT2D eigenvalue weighted by Gasteiger charge is 2.13. The molecule has 0 bridgehead atoms. The molecule has 6 heteroatoms. The van der Waals surface area contributed by atoms with E-state index in [0.29, 0.717) is 23.6 Å². The number of methoxy groups -OCH3 is 1. The fourth-order valence-electron chi connectivity index (χ4n) is 3.63. The lowest BCUT2D eigenvalue weighted by atomic mass is 10.1. The van der Waals surface area contributed by atoms with Crippen LogP contribution in [0.1, 0.15) is 42.1 Å². The third-order valence-corrected chi connectivity index (χ3v) is 5.49. The lowest BCUT2D eigenvalue weighted by Crippen LogP contribution is -2.12. The van der Waals surface area contributed by atoms with Crippen molar-refractivity contribution in [2.24, 2.45) is 0 Å². The summed E-state index contributed by atoms with van der Waals surface area (Å²) in [5.74, 6) is 1.14. The highest BCUT2D eigenvalue weighted by Crippen LogP contribution is 2.31. The first-order valence-corrected chi connectivity index (χ1v) is 11.3. The number of unbranched alkanes of at least 4 members (excludes halogenated alkanes) is 2. The van der Waals surface area contributed by atoms with Crippen LogP contribution >= 0.6 is 0 Å². The zero-order chi connectivity index (χ0) is 23.2. The molecule has 1 N–H and O–H groups in total. The number of hydrogen-bond donors (Lipinski definition) is 1. The SMILES string of the molecule is CCCCCOc1ccc(C(=O)Nc2cc(-c3cn4ccc(C)cc4n3)ccc2OC)cc1. The Morgan fingerprint density at radius 3 is 2.64 bits per heavy atom. The fourth-order valence-corrected chi connectivity index (χ4v) is 3.63. The first-order chi connectivity index (χ1) is 16.1. The molecule has 2 aromatic carbocycles. The van der Waals surface area contributed by atoms with Crippen LogP contribution in [0.2, 0.25) is 0 Å². The van der Waals surface area contributed by atoms with Gasteiger partial charge in [0.05, 0.1) is 25.1 Å². The molecule has 0 atom stereocenters. The van der Waals surface area contributed by atoms with Gasteiger partial charge in [-0.15, -0.1) is 0 Å². The molecular formula is C27H29N3O3. The number of pyridine rings is 1. The summed E-state index contributed by atoms with van der Waals surface area (Å²) >= 11 is 0. The average Bonchev–Trinajstić information content (AvgIpc) is 3.25. The van der Waals surface area contributed by atoms with Crippen LogP contribution < -0.4 is 14.8 Å². The number of fused-ring (bicyclic) bond motifs is 1. The van der Waals surface area contributed by atoms with Crippen LogP contribution in [0.3, 0.4) is 0 Å². The third-order valence-electron chi connectivity index (χ3n) is 5.49. The number of benzene rings is 2. The quantitative estimate of drug-likeness (QED) is 0.316. The topological polar surface area (TPSA) is 64.9 Å². The molecule has 0 radical (unpaired) electrons. The van der Waals surface area contributed by atoms with Crippen molar-refractivity contribution in [3.63, 3.8) is 0 Å². The second-order valence-electron chi connectivity index (χ2n) is 8.04. The second-order valence-corrected chi connectivity index (χ2v) is 8.04. The van der Waals surface area contributed by atoms with E-state index in [-0.39, 0.29) is 5.91 Å². The number of hydrogen-bond acceptors (Lipinski definition) is 4. The molecular weight excluding hydrogens is 414 g/mol. The van der Waals surface area contributed by atoms with Gasteiger partial charge >= 0.3 is 0 Å². The van der Waals surface area contributed by atoms with Crippen molar-refractivity contribution in [3.8, 4) is 22.8 Å². The van der Waals surface area contributed by atoms with Crippen LogP contribution in [0.4, 0.5) is 5.69 Å². The van der Waals surface area contributed by atoms with Gasteiger partial charge in [0.2, 0.25) is 0 Å². The van der Waals surface area contributed by atoms with Crippen molar-refractivity contribution < 1.29 is 14.3 Å². The van der Waals surface area contributed by atoms with Gasteiger partial charge in [-0.25, -0.2) is 4.98 Å². The molecule has 4 rings (SSSR count). The lowest BCUT2D eigenvalue weighted by Gasteiger charge is -2.12. The molecule has 0 saturated heterocycles. The highest BCUT2D eigenvalue weighted by atomic mass is 16.5. The van der Waals surface area contributed by atoms with E-state index < -0.39 is 0 Å². The molecule has 0 aliphatic heterocycles. The zero-order valence-corrected chi connectivity index (χ0v) is 19.3. The van der Waals surface area contributed by atoms with Gasteiger partial charge in [0.15, 0.2) is 0 Å². The summed E-state index contributed by atoms with van der Waals surface area (Å²) in [6.07, 6.45) is 7.30. The van der Waals surface area contributed by atoms with Crippen molar-refractivity contribution in [2.75, 3.05) is 19.0 Å². The normalized spacial score (nSPS) is 10.9. The summed E-state index contributed by atoms with van der Waals surface area (Å²) in [5, 5.41) is 2.97. The maximum absolute atomic E-state index is 12.9. The molecule has 0 unspecified atom stereocenters. The molecule has 170 valence electrons. The molecule has 2 aromatic heterocycles. The van der Waals surface area contributed by atoms with Crippen LogP contribution in [0.25, 0.3) is 16.9 Å². The largest absolute Gasteiger partial charge is 0.495 e. The molecule has 0 fully saturated rings. The first-order valence-electron chi connectivity index (χ1n) is 11.3. The molecule has 1 amide bonds. The Balaban J connectivity index is 1.51. The van der Waals surface area contributed by atoms with Crippen LogP contribution in [0.5, 0.6) is 11.5 Å². The Morgan fingerprint density at radius 1 is 1.06 bits per heavy atom. The number of imidazole rings is 1. The van der Waals surface area contributed by atoms with Crippen molar-refractivity contribution >= 4 is 17.2 Å². The van der Waals surface area contributed by atoms with Gasteiger partial charge in [0.25, 0.3) is 5.91 Å². The summed E-state index contributed by atoms with van der Waals surface area (Å²) in [6.45, 7) is 4.89. The number of ether oxygens (including phenoxy) is 2. The molecule has 0 saturated carbocycles. The number of carbonyl (C=O) groups is 1. The second kappa shape index (κ2) is 10.2. The smallest absolute Gasteiger partial charge is 0.255 e. The van der Waals surface area contributed by atoms with E-state index in [0.717, 1.165) is 47.5 Å². The molecule has 0 aliphatic carbocycles. The summed E-state index contributed by atoms with van der Waals surface area (Å²) in [6, 6.07) is 16.9. The minimum absolute atomic E-state index is 0.214. The molecule has 2 heterocycles. The molecule has 6 nitrogen and oxygen atoms in total. The minimum Gasteiger partial charge on any atom is -0.495 e. The van der Waals surface area contributed by atoms with Crippen molar-refractivity contribution in [2.45, 2.75) is 33.1 Å². The van der Waals surface area contributed by atoms with Gasteiger partial charge in [-0.05, 0) is 73.5 Å². The van der Waals surface area contributed by atoms with Gasteiger partial charge < -0.3 is 19.2 Å². The minimum atomic E-state index is -0.214. The summed E-state index contributed by atoms with van der Waals surface area (Å²) < 4.78 is 13.2. The van der Waals surface area contributed by atoms with Gasteiger partial charge in [0.1, 0.15) is 17.1 Å². The van der Waals surface area contributed by atoms with Crippen LogP contribution in [0, 0.1) is 6.92 Å². The maximum Gasteiger partial charge on any atom is 0.255 e. The summed E-state index contributed by atoms with van der Waals surface area (Å²) in [4.78, 5) is 17.6. The van der Waals surface area contributed by atoms with Crippen LogP contribution in [-0.4, -0.2) is 29.0 Å². The fraction of sp³-hybridized carbons (Fsp3) is 0.259. The first kappa shape index (κ1) is 22.4. The molecule has 0 aliphatic rings. The van der Waals surface area contributed by atoms with Gasteiger partial charge in [-0.2, -0.15) is 0 Å². The Labute approximate surface area is 194 Å². The summed E-state index contributed by atoms with van der Waals surface area (Å²) in [5.41, 5.74) is 4.88. The maximum atomic E-state index is 12.9. The monoisotopic (exact) mass is 443 g/mol. The highest BCUT2D eigenvalue weighted by molar-refractivity contribution is 6.05. The number of aryl methyl sites for hydroxylation is 1. The van der Waals surface area contributed by atoms with E-state index in [9.17, 15) is 4.79 Å². The molecule has 33 heavy (non-hydrogen) atoms. The van der Waals surface area contributed by atoms with Crippen LogP contribution in [-0.2, 0) is 0 Å². The van der Waals surface area contributed by atoms with Crippen molar-refractivity contribution in [1.82, 2.24) is 9.38 Å². The lowest BCUT2D eigenvalue weighted by molar-refractivity contribution is 0.102. The van der Waals surface area contributed by atoms with Crippen molar-refractivity contribution in [1.29, 1.82) is 0 Å². The predicted octanol–water partition coefficient (Wildman–Crippen LogP) is 6.14. The van der Waals surface area contributed by atoms with E-state index in [2.05, 4.69) is 12.2 Å². The van der Waals surface area contributed by atoms with Gasteiger partial charge in [-0.1, -0.05) is 19.8 Å². The number of amides is 1. The standard InChI is InChI=1S/C27H29N3O3/c1-4-5-6-15-33-22-10-7-20(8-11-22)27(31)29-23-17-21(9-12-25(23)32-3)24-18-30-14-13-19(2)16-26(30)28-24/h7-14,16-18H,4-6,15H2,1-3H3,(H,29,31). The van der Waals surface area contributed by atoms with E-state index in [1.807, 2.05) is 66.2 Å². The Kier molecular flexibility index (Phi) is 6.93. The Morgan fingerprint density at radius 2 is 1.88 bits per heavy atom. The van der Waals surface area contributed by atoms with E-state index in [1.165, 1.54) is 0 Å².